The van der Waals surface area contributed by atoms with E-state index in [0.29, 0.717) is 33.3 Å². The number of nitrogens with one attached hydrogen (secondary N) is 2. The maximum absolute atomic E-state index is 12.3. The minimum atomic E-state index is -0.221. The largest absolute Gasteiger partial charge is 0.497 e. The number of anilines is 1. The molecular weight excluding hydrogens is 438 g/mol. The third-order valence-electron chi connectivity index (χ3n) is 4.63. The van der Waals surface area contributed by atoms with E-state index in [2.05, 4.69) is 31.0 Å². The summed E-state index contributed by atoms with van der Waals surface area (Å²) in [5, 5.41) is 24.0. The fourth-order valence-corrected chi connectivity index (χ4v) is 4.35. The van der Waals surface area contributed by atoms with E-state index in [0.717, 1.165) is 17.8 Å². The van der Waals surface area contributed by atoms with Gasteiger partial charge in [0, 0.05) is 18.5 Å². The van der Waals surface area contributed by atoms with Crippen LogP contribution in [0.4, 0.5) is 5.13 Å². The van der Waals surface area contributed by atoms with Crippen LogP contribution >= 0.6 is 23.1 Å². The predicted molar refractivity (Wildman–Crippen MR) is 116 cm³/mol. The van der Waals surface area contributed by atoms with Crippen molar-refractivity contribution in [1.29, 1.82) is 0 Å². The highest BCUT2D eigenvalue weighted by molar-refractivity contribution is 7.99. The minimum absolute atomic E-state index is 0.169. The molecule has 31 heavy (non-hydrogen) atoms. The average Bonchev–Trinajstić information content (AvgIpc) is 3.43. The lowest BCUT2D eigenvalue weighted by atomic mass is 10.2. The van der Waals surface area contributed by atoms with Crippen LogP contribution in [0.1, 0.15) is 39.9 Å². The normalized spacial score (nSPS) is 13.1. The molecule has 2 N–H and O–H groups in total. The molecule has 4 rings (SSSR count). The molecule has 1 aliphatic carbocycles. The van der Waals surface area contributed by atoms with Gasteiger partial charge in [-0.1, -0.05) is 23.1 Å². The fourth-order valence-electron chi connectivity index (χ4n) is 2.69. The molecule has 0 saturated heterocycles. The van der Waals surface area contributed by atoms with Gasteiger partial charge in [-0.25, -0.2) is 0 Å². The second-order valence-corrected chi connectivity index (χ2v) is 8.88. The maximum Gasteiger partial charge on any atom is 0.251 e. The highest BCUT2D eigenvalue weighted by Gasteiger charge is 2.27. The van der Waals surface area contributed by atoms with E-state index in [1.807, 2.05) is 0 Å². The van der Waals surface area contributed by atoms with Gasteiger partial charge in [0.25, 0.3) is 5.91 Å². The molecule has 0 aliphatic heterocycles. The first-order valence-corrected chi connectivity index (χ1v) is 11.4. The molecule has 10 nitrogen and oxygen atoms in total. The molecule has 2 amide bonds. The van der Waals surface area contributed by atoms with Crippen molar-refractivity contribution in [2.75, 3.05) is 18.2 Å². The molecular formula is C19H21N7O3S2. The van der Waals surface area contributed by atoms with E-state index in [9.17, 15) is 9.59 Å². The highest BCUT2D eigenvalue weighted by Crippen LogP contribution is 2.42. The molecule has 2 heterocycles. The number of rotatable bonds is 9. The second-order valence-electron chi connectivity index (χ2n) is 6.93. The van der Waals surface area contributed by atoms with Crippen molar-refractivity contribution in [3.05, 3.63) is 40.7 Å². The topological polar surface area (TPSA) is 124 Å². The molecule has 162 valence electrons. The summed E-state index contributed by atoms with van der Waals surface area (Å²) in [6, 6.07) is 6.84. The zero-order valence-electron chi connectivity index (χ0n) is 17.0. The first-order chi connectivity index (χ1) is 15.0. The number of aromatic nitrogens is 5. The summed E-state index contributed by atoms with van der Waals surface area (Å²) < 4.78 is 6.84. The second kappa shape index (κ2) is 9.43. The van der Waals surface area contributed by atoms with Gasteiger partial charge in [-0.15, -0.1) is 20.4 Å². The molecule has 0 atom stereocenters. The Morgan fingerprint density at radius 2 is 1.97 bits per heavy atom. The van der Waals surface area contributed by atoms with Crippen LogP contribution in [0.5, 0.6) is 5.75 Å². The number of benzene rings is 1. The number of hydrogen-bond donors (Lipinski definition) is 2. The summed E-state index contributed by atoms with van der Waals surface area (Å²) >= 11 is 2.69. The van der Waals surface area contributed by atoms with E-state index in [-0.39, 0.29) is 24.1 Å². The average molecular weight is 460 g/mol. The zero-order valence-corrected chi connectivity index (χ0v) is 18.6. The molecule has 0 radical (unpaired) electrons. The van der Waals surface area contributed by atoms with Crippen LogP contribution in [0.25, 0.3) is 0 Å². The van der Waals surface area contributed by atoms with Crippen molar-refractivity contribution >= 4 is 40.0 Å². The van der Waals surface area contributed by atoms with Crippen LogP contribution in [0, 0.1) is 0 Å². The van der Waals surface area contributed by atoms with E-state index >= 15 is 0 Å². The van der Waals surface area contributed by atoms with Gasteiger partial charge >= 0.3 is 0 Å². The summed E-state index contributed by atoms with van der Waals surface area (Å²) in [4.78, 5) is 24.5. The third kappa shape index (κ3) is 5.39. The summed E-state index contributed by atoms with van der Waals surface area (Å²) in [5.74, 6) is 1.55. The Morgan fingerprint density at radius 1 is 1.19 bits per heavy atom. The van der Waals surface area contributed by atoms with Crippen molar-refractivity contribution in [3.8, 4) is 5.75 Å². The Kier molecular flexibility index (Phi) is 6.47. The zero-order chi connectivity index (χ0) is 21.8. The van der Waals surface area contributed by atoms with Gasteiger partial charge in [0.05, 0.1) is 19.4 Å². The van der Waals surface area contributed by atoms with Gasteiger partial charge in [-0.2, -0.15) is 0 Å². The van der Waals surface area contributed by atoms with Crippen molar-refractivity contribution in [2.24, 2.45) is 7.05 Å². The van der Waals surface area contributed by atoms with Gasteiger partial charge < -0.3 is 14.6 Å². The first-order valence-electron chi connectivity index (χ1n) is 9.60. The van der Waals surface area contributed by atoms with E-state index in [4.69, 9.17) is 4.74 Å². The van der Waals surface area contributed by atoms with Gasteiger partial charge in [-0.3, -0.25) is 14.9 Å². The molecule has 1 fully saturated rings. The Bertz CT molecular complexity index is 1080. The quantitative estimate of drug-likeness (QED) is 0.467. The standard InChI is InChI=1S/C19H21N7O3S2/c1-26-14(9-20-16(28)11-5-7-13(29-2)8-6-11)22-25-19(26)30-10-15(27)21-18-24-23-17(31-18)12-3-4-12/h5-8,12H,3-4,9-10H2,1-2H3,(H,20,28)(H,21,24,27). The molecule has 3 aromatic rings. The van der Waals surface area contributed by atoms with Crippen LogP contribution in [-0.2, 0) is 18.4 Å². The number of methoxy groups -OCH3 is 1. The monoisotopic (exact) mass is 459 g/mol. The Morgan fingerprint density at radius 3 is 2.68 bits per heavy atom. The van der Waals surface area contributed by atoms with Crippen molar-refractivity contribution in [2.45, 2.75) is 30.5 Å². The van der Waals surface area contributed by atoms with Crippen molar-refractivity contribution in [3.63, 3.8) is 0 Å². The molecule has 1 aliphatic rings. The van der Waals surface area contributed by atoms with Gasteiger partial charge in [-0.05, 0) is 37.1 Å². The Balaban J connectivity index is 1.26. The summed E-state index contributed by atoms with van der Waals surface area (Å²) in [6.07, 6.45) is 2.29. The number of ether oxygens (including phenoxy) is 1. The van der Waals surface area contributed by atoms with Crippen LogP contribution in [-0.4, -0.2) is 49.6 Å². The molecule has 12 heteroatoms. The van der Waals surface area contributed by atoms with Crippen LogP contribution < -0.4 is 15.4 Å². The van der Waals surface area contributed by atoms with Crippen LogP contribution in [0.2, 0.25) is 0 Å². The van der Waals surface area contributed by atoms with E-state index in [1.54, 1.807) is 43.0 Å². The highest BCUT2D eigenvalue weighted by atomic mass is 32.2. The summed E-state index contributed by atoms with van der Waals surface area (Å²) in [5.41, 5.74) is 0.524. The minimum Gasteiger partial charge on any atom is -0.497 e. The lowest BCUT2D eigenvalue weighted by Gasteiger charge is -2.07. The number of amides is 2. The number of hydrogen-bond acceptors (Lipinski definition) is 9. The smallest absolute Gasteiger partial charge is 0.251 e. The van der Waals surface area contributed by atoms with E-state index < -0.39 is 0 Å². The van der Waals surface area contributed by atoms with Gasteiger partial charge in [0.15, 0.2) is 11.0 Å². The van der Waals surface area contributed by atoms with Crippen LogP contribution in [0.15, 0.2) is 29.4 Å². The molecule has 1 saturated carbocycles. The van der Waals surface area contributed by atoms with Gasteiger partial charge in [0.2, 0.25) is 11.0 Å². The first kappa shape index (κ1) is 21.2. The molecule has 0 bridgehead atoms. The number of carbonyl (C=O) groups excluding carboxylic acids is 2. The number of nitrogens with zero attached hydrogens (tertiary/aromatic N) is 5. The van der Waals surface area contributed by atoms with Crippen molar-refractivity contribution < 1.29 is 14.3 Å². The Labute approximate surface area is 186 Å². The van der Waals surface area contributed by atoms with Crippen LogP contribution in [0.3, 0.4) is 0 Å². The lowest BCUT2D eigenvalue weighted by Crippen LogP contribution is -2.24. The van der Waals surface area contributed by atoms with Gasteiger partial charge in [0.1, 0.15) is 10.8 Å². The molecule has 0 unspecified atom stereocenters. The number of carbonyl (C=O) groups is 2. The van der Waals surface area contributed by atoms with Crippen molar-refractivity contribution in [1.82, 2.24) is 30.3 Å². The third-order valence-corrected chi connectivity index (χ3v) is 6.65. The fraction of sp³-hybridized carbons (Fsp3) is 0.368. The van der Waals surface area contributed by atoms with E-state index in [1.165, 1.54) is 23.1 Å². The maximum atomic E-state index is 12.3. The molecule has 0 spiro atoms. The number of thioether (sulfide) groups is 1. The lowest BCUT2D eigenvalue weighted by molar-refractivity contribution is -0.113. The SMILES string of the molecule is COc1ccc(C(=O)NCc2nnc(SCC(=O)Nc3nnc(C4CC4)s3)n2C)cc1. The summed E-state index contributed by atoms with van der Waals surface area (Å²) in [6.45, 7) is 0.218. The summed E-state index contributed by atoms with van der Waals surface area (Å²) in [7, 11) is 3.37. The molecule has 2 aromatic heterocycles. The predicted octanol–water partition coefficient (Wildman–Crippen LogP) is 2.21. The molecule has 1 aromatic carbocycles. The Hall–Kier alpha value is -2.99.